The second kappa shape index (κ2) is 9.06. The maximum absolute atomic E-state index is 12.3. The summed E-state index contributed by atoms with van der Waals surface area (Å²) in [4.78, 5) is 27.0. The molecular formula is C18H26ClN3O3. The van der Waals surface area contributed by atoms with Crippen molar-refractivity contribution in [3.05, 3.63) is 34.3 Å². The van der Waals surface area contributed by atoms with Crippen LogP contribution in [-0.4, -0.2) is 59.1 Å². The average Bonchev–Trinajstić information content (AvgIpc) is 2.60. The second-order valence-electron chi connectivity index (χ2n) is 6.42. The van der Waals surface area contributed by atoms with Crippen molar-refractivity contribution in [1.29, 1.82) is 0 Å². The average molecular weight is 368 g/mol. The molecule has 1 aliphatic rings. The summed E-state index contributed by atoms with van der Waals surface area (Å²) in [6.07, 6.45) is 1.60. The topological polar surface area (TPSA) is 72.9 Å². The Morgan fingerprint density at radius 3 is 2.60 bits per heavy atom. The molecule has 0 aliphatic carbocycles. The number of carbonyl (C=O) groups excluding carboxylic acids is 1. The highest BCUT2D eigenvalue weighted by Crippen LogP contribution is 2.18. The molecule has 7 heteroatoms. The first kappa shape index (κ1) is 19.5. The van der Waals surface area contributed by atoms with E-state index < -0.39 is 5.97 Å². The monoisotopic (exact) mass is 367 g/mol. The molecule has 2 amide bonds. The SMILES string of the molecule is CCN(CC(=O)O)C1CCN(C(=O)NCc2ccc(Cl)c(C)c2)CC1. The highest BCUT2D eigenvalue weighted by atomic mass is 35.5. The quantitative estimate of drug-likeness (QED) is 0.810. The molecule has 2 rings (SSSR count). The Morgan fingerprint density at radius 1 is 1.36 bits per heavy atom. The maximum Gasteiger partial charge on any atom is 0.317 e. The van der Waals surface area contributed by atoms with E-state index in [2.05, 4.69) is 5.32 Å². The number of hydrogen-bond donors (Lipinski definition) is 2. The zero-order valence-electron chi connectivity index (χ0n) is 14.8. The molecule has 0 atom stereocenters. The van der Waals surface area contributed by atoms with Crippen molar-refractivity contribution in [1.82, 2.24) is 15.1 Å². The van der Waals surface area contributed by atoms with Crippen molar-refractivity contribution in [2.45, 2.75) is 39.3 Å². The molecule has 0 radical (unpaired) electrons. The smallest absolute Gasteiger partial charge is 0.317 e. The molecule has 1 aromatic carbocycles. The normalized spacial score (nSPS) is 15.4. The summed E-state index contributed by atoms with van der Waals surface area (Å²) in [5.74, 6) is -0.805. The van der Waals surface area contributed by atoms with E-state index in [0.717, 1.165) is 29.0 Å². The second-order valence-corrected chi connectivity index (χ2v) is 6.82. The number of nitrogens with zero attached hydrogens (tertiary/aromatic N) is 2. The van der Waals surface area contributed by atoms with Crippen LogP contribution in [0.4, 0.5) is 4.79 Å². The van der Waals surface area contributed by atoms with Gasteiger partial charge in [-0.15, -0.1) is 0 Å². The van der Waals surface area contributed by atoms with Crippen molar-refractivity contribution in [2.75, 3.05) is 26.2 Å². The van der Waals surface area contributed by atoms with Crippen LogP contribution in [0.15, 0.2) is 18.2 Å². The summed E-state index contributed by atoms with van der Waals surface area (Å²) < 4.78 is 0. The standard InChI is InChI=1S/C18H26ClN3O3/c1-3-21(12-17(23)24)15-6-8-22(9-7-15)18(25)20-11-14-4-5-16(19)13(2)10-14/h4-5,10,15H,3,6-9,11-12H2,1-2H3,(H,20,25)(H,23,24). The summed E-state index contributed by atoms with van der Waals surface area (Å²) in [5, 5.41) is 12.6. The van der Waals surface area contributed by atoms with Gasteiger partial charge in [0.25, 0.3) is 0 Å². The number of halogens is 1. The minimum atomic E-state index is -0.805. The number of rotatable bonds is 6. The number of aliphatic carboxylic acids is 1. The molecule has 1 heterocycles. The summed E-state index contributed by atoms with van der Waals surface area (Å²) in [5.41, 5.74) is 2.01. The number of amides is 2. The Morgan fingerprint density at radius 2 is 2.04 bits per heavy atom. The van der Waals surface area contributed by atoms with Crippen molar-refractivity contribution in [2.24, 2.45) is 0 Å². The molecule has 0 spiro atoms. The van der Waals surface area contributed by atoms with E-state index in [1.165, 1.54) is 0 Å². The van der Waals surface area contributed by atoms with Crippen LogP contribution in [0.5, 0.6) is 0 Å². The summed E-state index contributed by atoms with van der Waals surface area (Å²) in [6, 6.07) is 5.87. The van der Waals surface area contributed by atoms with Gasteiger partial charge >= 0.3 is 12.0 Å². The van der Waals surface area contributed by atoms with Gasteiger partial charge in [-0.05, 0) is 43.5 Å². The van der Waals surface area contributed by atoms with Gasteiger partial charge in [0.15, 0.2) is 0 Å². The van der Waals surface area contributed by atoms with E-state index in [0.29, 0.717) is 26.2 Å². The van der Waals surface area contributed by atoms with E-state index in [4.69, 9.17) is 16.7 Å². The Kier molecular flexibility index (Phi) is 7.08. The number of benzene rings is 1. The summed E-state index contributed by atoms with van der Waals surface area (Å²) in [6.45, 7) is 6.43. The van der Waals surface area contributed by atoms with Crippen LogP contribution in [0, 0.1) is 6.92 Å². The lowest BCUT2D eigenvalue weighted by Crippen LogP contribution is -2.50. The molecular weight excluding hydrogens is 342 g/mol. The Hall–Kier alpha value is -1.79. The number of piperidine rings is 1. The van der Waals surface area contributed by atoms with Gasteiger partial charge < -0.3 is 15.3 Å². The van der Waals surface area contributed by atoms with Crippen molar-refractivity contribution >= 4 is 23.6 Å². The molecule has 0 bridgehead atoms. The first-order valence-electron chi connectivity index (χ1n) is 8.64. The molecule has 6 nitrogen and oxygen atoms in total. The van der Waals surface area contributed by atoms with Gasteiger partial charge in [-0.3, -0.25) is 9.69 Å². The largest absolute Gasteiger partial charge is 0.480 e. The molecule has 138 valence electrons. The van der Waals surface area contributed by atoms with Crippen LogP contribution in [0.3, 0.4) is 0 Å². The molecule has 25 heavy (non-hydrogen) atoms. The van der Waals surface area contributed by atoms with Crippen LogP contribution >= 0.6 is 11.6 Å². The zero-order chi connectivity index (χ0) is 18.4. The minimum Gasteiger partial charge on any atom is -0.480 e. The molecule has 1 aromatic rings. The number of carboxylic acid groups (broad SMARTS) is 1. The Bertz CT molecular complexity index is 616. The number of urea groups is 1. The molecule has 0 saturated carbocycles. The predicted molar refractivity (Wildman–Crippen MR) is 97.9 cm³/mol. The van der Waals surface area contributed by atoms with Gasteiger partial charge in [-0.25, -0.2) is 4.79 Å². The van der Waals surface area contributed by atoms with Gasteiger partial charge in [0.2, 0.25) is 0 Å². The van der Waals surface area contributed by atoms with Crippen LogP contribution < -0.4 is 5.32 Å². The predicted octanol–water partition coefficient (Wildman–Crippen LogP) is 2.73. The molecule has 0 aromatic heterocycles. The highest BCUT2D eigenvalue weighted by molar-refractivity contribution is 6.31. The lowest BCUT2D eigenvalue weighted by Gasteiger charge is -2.37. The molecule has 1 aliphatic heterocycles. The van der Waals surface area contributed by atoms with E-state index in [9.17, 15) is 9.59 Å². The van der Waals surface area contributed by atoms with E-state index in [1.807, 2.05) is 36.9 Å². The van der Waals surface area contributed by atoms with Crippen LogP contribution in [-0.2, 0) is 11.3 Å². The molecule has 2 N–H and O–H groups in total. The number of nitrogens with one attached hydrogen (secondary N) is 1. The molecule has 1 fully saturated rings. The number of likely N-dealkylation sites (N-methyl/N-ethyl adjacent to an activating group) is 1. The summed E-state index contributed by atoms with van der Waals surface area (Å²) in [7, 11) is 0. The minimum absolute atomic E-state index is 0.0588. The number of hydrogen-bond acceptors (Lipinski definition) is 3. The Labute approximate surface area is 153 Å². The van der Waals surface area contributed by atoms with E-state index in [-0.39, 0.29) is 18.6 Å². The number of aryl methyl sites for hydroxylation is 1. The van der Waals surface area contributed by atoms with Gasteiger partial charge in [0, 0.05) is 30.7 Å². The lowest BCUT2D eigenvalue weighted by molar-refractivity contribution is -0.139. The van der Waals surface area contributed by atoms with Gasteiger partial charge in [0.1, 0.15) is 0 Å². The van der Waals surface area contributed by atoms with Crippen molar-refractivity contribution in [3.63, 3.8) is 0 Å². The number of carbonyl (C=O) groups is 2. The van der Waals surface area contributed by atoms with Crippen molar-refractivity contribution < 1.29 is 14.7 Å². The maximum atomic E-state index is 12.3. The summed E-state index contributed by atoms with van der Waals surface area (Å²) >= 11 is 6.01. The van der Waals surface area contributed by atoms with E-state index in [1.54, 1.807) is 4.90 Å². The van der Waals surface area contributed by atoms with E-state index >= 15 is 0 Å². The third-order valence-electron chi connectivity index (χ3n) is 4.68. The number of likely N-dealkylation sites (tertiary alicyclic amines) is 1. The first-order chi connectivity index (χ1) is 11.9. The third kappa shape index (κ3) is 5.61. The lowest BCUT2D eigenvalue weighted by atomic mass is 10.0. The third-order valence-corrected chi connectivity index (χ3v) is 5.10. The van der Waals surface area contributed by atoms with Gasteiger partial charge in [0.05, 0.1) is 6.54 Å². The molecule has 0 unspecified atom stereocenters. The fraction of sp³-hybridized carbons (Fsp3) is 0.556. The first-order valence-corrected chi connectivity index (χ1v) is 9.02. The fourth-order valence-electron chi connectivity index (χ4n) is 3.21. The number of carboxylic acids is 1. The van der Waals surface area contributed by atoms with Gasteiger partial charge in [-0.2, -0.15) is 0 Å². The fourth-order valence-corrected chi connectivity index (χ4v) is 3.33. The zero-order valence-corrected chi connectivity index (χ0v) is 15.6. The molecule has 1 saturated heterocycles. The van der Waals surface area contributed by atoms with Crippen LogP contribution in [0.25, 0.3) is 0 Å². The van der Waals surface area contributed by atoms with Crippen LogP contribution in [0.2, 0.25) is 5.02 Å². The van der Waals surface area contributed by atoms with Crippen LogP contribution in [0.1, 0.15) is 30.9 Å². The Balaban J connectivity index is 1.80. The van der Waals surface area contributed by atoms with Gasteiger partial charge in [-0.1, -0.05) is 30.7 Å². The highest BCUT2D eigenvalue weighted by Gasteiger charge is 2.27. The van der Waals surface area contributed by atoms with Crippen molar-refractivity contribution in [3.8, 4) is 0 Å².